The lowest BCUT2D eigenvalue weighted by atomic mass is 10.1. The van der Waals surface area contributed by atoms with Gasteiger partial charge in [0.15, 0.2) is 0 Å². The minimum Gasteiger partial charge on any atom is -0.387 e. The predicted octanol–water partition coefficient (Wildman–Crippen LogP) is 2.46. The van der Waals surface area contributed by atoms with Crippen LogP contribution in [0.15, 0.2) is 24.3 Å². The van der Waals surface area contributed by atoms with Crippen molar-refractivity contribution in [3.8, 4) is 0 Å². The number of benzene rings is 1. The molecule has 0 bridgehead atoms. The molecule has 0 fully saturated rings. The first-order chi connectivity index (χ1) is 7.56. The van der Waals surface area contributed by atoms with Crippen molar-refractivity contribution < 1.29 is 4.79 Å². The number of carbonyl (C=O) groups is 1. The fourth-order valence-corrected chi connectivity index (χ4v) is 1.72. The monoisotopic (exact) mass is 220 g/mol. The average molecular weight is 220 g/mol. The van der Waals surface area contributed by atoms with Crippen molar-refractivity contribution >= 4 is 11.6 Å². The van der Waals surface area contributed by atoms with E-state index in [0.717, 1.165) is 17.8 Å². The number of amides is 1. The highest BCUT2D eigenvalue weighted by Gasteiger charge is 2.15. The Morgan fingerprint density at radius 3 is 2.56 bits per heavy atom. The molecule has 3 nitrogen and oxygen atoms in total. The second-order valence-electron chi connectivity index (χ2n) is 4.38. The van der Waals surface area contributed by atoms with E-state index in [0.29, 0.717) is 5.92 Å². The van der Waals surface area contributed by atoms with Crippen LogP contribution in [-0.4, -0.2) is 31.4 Å². The van der Waals surface area contributed by atoms with Crippen molar-refractivity contribution in [2.75, 3.05) is 26.0 Å². The lowest BCUT2D eigenvalue weighted by molar-refractivity contribution is 0.0780. The Morgan fingerprint density at radius 2 is 2.00 bits per heavy atom. The maximum atomic E-state index is 12.1. The summed E-state index contributed by atoms with van der Waals surface area (Å²) < 4.78 is 0. The molecule has 1 N–H and O–H groups in total. The maximum absolute atomic E-state index is 12.1. The van der Waals surface area contributed by atoms with E-state index in [1.165, 1.54) is 0 Å². The zero-order valence-corrected chi connectivity index (χ0v) is 10.4. The minimum atomic E-state index is 0.0682. The van der Waals surface area contributed by atoms with Gasteiger partial charge in [-0.05, 0) is 18.1 Å². The quantitative estimate of drug-likeness (QED) is 0.845. The van der Waals surface area contributed by atoms with E-state index in [9.17, 15) is 4.79 Å². The molecule has 0 aliphatic carbocycles. The van der Waals surface area contributed by atoms with Crippen LogP contribution in [0.25, 0.3) is 0 Å². The molecule has 16 heavy (non-hydrogen) atoms. The van der Waals surface area contributed by atoms with E-state index in [1.807, 2.05) is 38.4 Å². The number of hydrogen-bond acceptors (Lipinski definition) is 2. The Bertz CT molecular complexity index is 361. The summed E-state index contributed by atoms with van der Waals surface area (Å²) in [5, 5.41) is 3.04. The van der Waals surface area contributed by atoms with Crippen LogP contribution in [0.4, 0.5) is 5.69 Å². The summed E-state index contributed by atoms with van der Waals surface area (Å²) in [5.41, 5.74) is 1.61. The van der Waals surface area contributed by atoms with E-state index in [1.54, 1.807) is 4.90 Å². The summed E-state index contributed by atoms with van der Waals surface area (Å²) in [6, 6.07) is 7.57. The molecule has 1 aromatic carbocycles. The van der Waals surface area contributed by atoms with Crippen LogP contribution < -0.4 is 5.32 Å². The normalized spacial score (nSPS) is 10.3. The summed E-state index contributed by atoms with van der Waals surface area (Å²) in [4.78, 5) is 13.9. The number of para-hydroxylation sites is 1. The predicted molar refractivity (Wildman–Crippen MR) is 67.8 cm³/mol. The molecule has 1 rings (SSSR count). The van der Waals surface area contributed by atoms with Gasteiger partial charge in [-0.1, -0.05) is 26.0 Å². The van der Waals surface area contributed by atoms with Crippen molar-refractivity contribution in [3.05, 3.63) is 29.8 Å². The third-order valence-electron chi connectivity index (χ3n) is 2.41. The zero-order chi connectivity index (χ0) is 12.1. The second kappa shape index (κ2) is 5.54. The Morgan fingerprint density at radius 1 is 1.38 bits per heavy atom. The summed E-state index contributed by atoms with van der Waals surface area (Å²) in [7, 11) is 3.67. The van der Waals surface area contributed by atoms with Gasteiger partial charge in [0.25, 0.3) is 5.91 Å². The highest BCUT2D eigenvalue weighted by atomic mass is 16.2. The van der Waals surface area contributed by atoms with Gasteiger partial charge in [0, 0.05) is 26.3 Å². The molecule has 0 saturated heterocycles. The van der Waals surface area contributed by atoms with E-state index in [2.05, 4.69) is 19.2 Å². The van der Waals surface area contributed by atoms with Crippen molar-refractivity contribution in [1.82, 2.24) is 4.90 Å². The topological polar surface area (TPSA) is 32.3 Å². The van der Waals surface area contributed by atoms with Gasteiger partial charge in [0.05, 0.1) is 5.56 Å². The fraction of sp³-hybridized carbons (Fsp3) is 0.462. The van der Waals surface area contributed by atoms with Gasteiger partial charge in [0.2, 0.25) is 0 Å². The van der Waals surface area contributed by atoms with Crippen molar-refractivity contribution in [1.29, 1.82) is 0 Å². The van der Waals surface area contributed by atoms with Crippen LogP contribution >= 0.6 is 0 Å². The Kier molecular flexibility index (Phi) is 4.35. The molecule has 1 amide bonds. The van der Waals surface area contributed by atoms with E-state index >= 15 is 0 Å². The Labute approximate surface area is 97.5 Å². The number of hydrogen-bond donors (Lipinski definition) is 1. The molecule has 0 aliphatic heterocycles. The Balaban J connectivity index is 2.87. The van der Waals surface area contributed by atoms with Gasteiger partial charge in [-0.15, -0.1) is 0 Å². The lowest BCUT2D eigenvalue weighted by Gasteiger charge is -2.20. The van der Waals surface area contributed by atoms with Gasteiger partial charge in [0.1, 0.15) is 0 Å². The fourth-order valence-electron chi connectivity index (χ4n) is 1.72. The van der Waals surface area contributed by atoms with Crippen molar-refractivity contribution in [2.24, 2.45) is 5.92 Å². The lowest BCUT2D eigenvalue weighted by Crippen LogP contribution is -2.30. The first-order valence-corrected chi connectivity index (χ1v) is 5.58. The largest absolute Gasteiger partial charge is 0.387 e. The summed E-state index contributed by atoms with van der Waals surface area (Å²) in [6.07, 6.45) is 0. The molecule has 0 saturated carbocycles. The van der Waals surface area contributed by atoms with Gasteiger partial charge in [-0.25, -0.2) is 0 Å². The van der Waals surface area contributed by atoms with Crippen molar-refractivity contribution in [3.63, 3.8) is 0 Å². The van der Waals surface area contributed by atoms with Crippen LogP contribution in [0.2, 0.25) is 0 Å². The third kappa shape index (κ3) is 2.99. The molecular weight excluding hydrogens is 200 g/mol. The highest BCUT2D eigenvalue weighted by molar-refractivity contribution is 5.99. The molecule has 0 aromatic heterocycles. The molecule has 88 valence electrons. The first-order valence-electron chi connectivity index (χ1n) is 5.58. The number of anilines is 1. The molecule has 0 aliphatic rings. The van der Waals surface area contributed by atoms with Crippen molar-refractivity contribution in [2.45, 2.75) is 13.8 Å². The van der Waals surface area contributed by atoms with Gasteiger partial charge < -0.3 is 10.2 Å². The average Bonchev–Trinajstić information content (AvgIpc) is 2.27. The molecule has 0 atom stereocenters. The molecule has 1 aromatic rings. The van der Waals surface area contributed by atoms with Gasteiger partial charge in [-0.3, -0.25) is 4.79 Å². The van der Waals surface area contributed by atoms with Gasteiger partial charge >= 0.3 is 0 Å². The van der Waals surface area contributed by atoms with E-state index in [4.69, 9.17) is 0 Å². The molecule has 0 radical (unpaired) electrons. The second-order valence-corrected chi connectivity index (χ2v) is 4.38. The number of nitrogens with one attached hydrogen (secondary N) is 1. The SMILES string of the molecule is CNc1ccccc1C(=O)N(C)CC(C)C. The molecule has 0 unspecified atom stereocenters. The van der Waals surface area contributed by atoms with Crippen LogP contribution in [0.1, 0.15) is 24.2 Å². The highest BCUT2D eigenvalue weighted by Crippen LogP contribution is 2.16. The summed E-state index contributed by atoms with van der Waals surface area (Å²) >= 11 is 0. The van der Waals surface area contributed by atoms with E-state index < -0.39 is 0 Å². The summed E-state index contributed by atoms with van der Waals surface area (Å²) in [6.45, 7) is 4.98. The Hall–Kier alpha value is -1.51. The third-order valence-corrected chi connectivity index (χ3v) is 2.41. The number of carbonyl (C=O) groups excluding carboxylic acids is 1. The van der Waals surface area contributed by atoms with Crippen LogP contribution in [0, 0.1) is 5.92 Å². The van der Waals surface area contributed by atoms with Gasteiger partial charge in [-0.2, -0.15) is 0 Å². The van der Waals surface area contributed by atoms with Crippen LogP contribution in [0.5, 0.6) is 0 Å². The molecule has 3 heteroatoms. The minimum absolute atomic E-state index is 0.0682. The maximum Gasteiger partial charge on any atom is 0.255 e. The van der Waals surface area contributed by atoms with Crippen LogP contribution in [-0.2, 0) is 0 Å². The smallest absolute Gasteiger partial charge is 0.255 e. The van der Waals surface area contributed by atoms with Crippen LogP contribution in [0.3, 0.4) is 0 Å². The molecule has 0 spiro atoms. The molecule has 0 heterocycles. The summed E-state index contributed by atoms with van der Waals surface area (Å²) in [5.74, 6) is 0.550. The standard InChI is InChI=1S/C13H20N2O/c1-10(2)9-15(4)13(16)11-7-5-6-8-12(11)14-3/h5-8,10,14H,9H2,1-4H3. The number of nitrogens with zero attached hydrogens (tertiary/aromatic N) is 1. The number of rotatable bonds is 4. The molecular formula is C13H20N2O. The first kappa shape index (κ1) is 12.6. The van der Waals surface area contributed by atoms with E-state index in [-0.39, 0.29) is 5.91 Å². The zero-order valence-electron chi connectivity index (χ0n) is 10.4.